The van der Waals surface area contributed by atoms with Crippen LogP contribution in [0.1, 0.15) is 16.8 Å². The van der Waals surface area contributed by atoms with E-state index in [1.54, 1.807) is 0 Å². The van der Waals surface area contributed by atoms with Gasteiger partial charge in [-0.15, -0.1) is 0 Å². The van der Waals surface area contributed by atoms with E-state index in [-0.39, 0.29) is 0 Å². The second-order valence-electron chi connectivity index (χ2n) is 8.21. The molecule has 33 heavy (non-hydrogen) atoms. The van der Waals surface area contributed by atoms with E-state index in [2.05, 4.69) is 76.6 Å². The molecule has 0 saturated carbocycles. The number of aromatic nitrogens is 2. The number of imidazole rings is 1. The maximum atomic E-state index is 9.89. The summed E-state index contributed by atoms with van der Waals surface area (Å²) >= 11 is 0. The highest BCUT2D eigenvalue weighted by Gasteiger charge is 2.15. The maximum Gasteiger partial charge on any atom is 0.0998 e. The summed E-state index contributed by atoms with van der Waals surface area (Å²) in [5, 5.41) is 12.2. The molecule has 0 N–H and O–H groups in total. The highest BCUT2D eigenvalue weighted by atomic mass is 15.2. The van der Waals surface area contributed by atoms with Crippen LogP contribution in [-0.4, -0.2) is 9.55 Å². The molecule has 0 bridgehead atoms. The largest absolute Gasteiger partial charge is 0.361 e. The van der Waals surface area contributed by atoms with Crippen molar-refractivity contribution in [2.75, 3.05) is 4.90 Å². The standard InChI is InChI=1S/C29H24N4/c1-32-21-31-18-26(32)20-33(19-22-8-3-2-4-9-22)25-15-14-24(17-30)29(16-25)28-13-7-11-23-10-5-6-12-27(23)28/h2-16,18,21H,19-20H2,1H3. The third-order valence-electron chi connectivity index (χ3n) is 6.05. The van der Waals surface area contributed by atoms with E-state index < -0.39 is 0 Å². The molecule has 0 aliphatic rings. The van der Waals surface area contributed by atoms with Gasteiger partial charge in [-0.05, 0) is 40.1 Å². The van der Waals surface area contributed by atoms with Gasteiger partial charge in [0.05, 0.1) is 30.2 Å². The van der Waals surface area contributed by atoms with Crippen LogP contribution in [0, 0.1) is 11.3 Å². The molecule has 0 aliphatic heterocycles. The second-order valence-corrected chi connectivity index (χ2v) is 8.21. The van der Waals surface area contributed by atoms with Crippen molar-refractivity contribution in [1.82, 2.24) is 9.55 Å². The number of fused-ring (bicyclic) bond motifs is 1. The summed E-state index contributed by atoms with van der Waals surface area (Å²) in [6, 6.07) is 33.6. The van der Waals surface area contributed by atoms with Crippen LogP contribution in [0.15, 0.2) is 104 Å². The maximum absolute atomic E-state index is 9.89. The van der Waals surface area contributed by atoms with Crippen LogP contribution < -0.4 is 4.90 Å². The Kier molecular flexibility index (Phi) is 5.61. The zero-order chi connectivity index (χ0) is 22.6. The van der Waals surface area contributed by atoms with Crippen molar-refractivity contribution in [3.63, 3.8) is 0 Å². The molecule has 0 fully saturated rings. The predicted octanol–water partition coefficient (Wildman–Crippen LogP) is 6.32. The lowest BCUT2D eigenvalue weighted by Crippen LogP contribution is -2.23. The van der Waals surface area contributed by atoms with Crippen molar-refractivity contribution < 1.29 is 0 Å². The van der Waals surface area contributed by atoms with E-state index in [0.717, 1.165) is 34.4 Å². The lowest BCUT2D eigenvalue weighted by Gasteiger charge is -2.26. The fourth-order valence-corrected chi connectivity index (χ4v) is 4.28. The number of nitrogens with zero attached hydrogens (tertiary/aromatic N) is 4. The fraction of sp³-hybridized carbons (Fsp3) is 0.103. The summed E-state index contributed by atoms with van der Waals surface area (Å²) in [6.45, 7) is 1.47. The lowest BCUT2D eigenvalue weighted by molar-refractivity contribution is 0.736. The minimum Gasteiger partial charge on any atom is -0.361 e. The van der Waals surface area contributed by atoms with E-state index in [9.17, 15) is 5.26 Å². The van der Waals surface area contributed by atoms with Crippen molar-refractivity contribution in [2.45, 2.75) is 13.1 Å². The molecule has 5 rings (SSSR count). The molecule has 4 aromatic carbocycles. The fourth-order valence-electron chi connectivity index (χ4n) is 4.28. The first-order valence-corrected chi connectivity index (χ1v) is 11.0. The van der Waals surface area contributed by atoms with Gasteiger partial charge in [-0.3, -0.25) is 0 Å². The van der Waals surface area contributed by atoms with E-state index >= 15 is 0 Å². The number of hydrogen-bond acceptors (Lipinski definition) is 3. The molecule has 0 radical (unpaired) electrons. The number of nitriles is 1. The van der Waals surface area contributed by atoms with E-state index in [1.165, 1.54) is 10.9 Å². The smallest absolute Gasteiger partial charge is 0.0998 e. The molecule has 0 amide bonds. The van der Waals surface area contributed by atoms with Crippen LogP contribution in [-0.2, 0) is 20.1 Å². The van der Waals surface area contributed by atoms with Crippen LogP contribution in [0.25, 0.3) is 21.9 Å². The minimum atomic E-state index is 0.676. The Morgan fingerprint density at radius 3 is 2.42 bits per heavy atom. The predicted molar refractivity (Wildman–Crippen MR) is 134 cm³/mol. The Hall–Kier alpha value is -4.36. The zero-order valence-electron chi connectivity index (χ0n) is 18.5. The topological polar surface area (TPSA) is 44.9 Å². The monoisotopic (exact) mass is 428 g/mol. The second kappa shape index (κ2) is 9.02. The van der Waals surface area contributed by atoms with Crippen molar-refractivity contribution in [1.29, 1.82) is 5.26 Å². The van der Waals surface area contributed by atoms with Gasteiger partial charge in [0.15, 0.2) is 0 Å². The number of aryl methyl sites for hydroxylation is 1. The van der Waals surface area contributed by atoms with Gasteiger partial charge in [-0.2, -0.15) is 5.26 Å². The summed E-state index contributed by atoms with van der Waals surface area (Å²) in [4.78, 5) is 6.63. The Morgan fingerprint density at radius 1 is 0.848 bits per heavy atom. The van der Waals surface area contributed by atoms with Gasteiger partial charge in [-0.1, -0.05) is 72.8 Å². The molecule has 0 aliphatic carbocycles. The normalized spacial score (nSPS) is 10.8. The molecule has 4 heteroatoms. The summed E-state index contributed by atoms with van der Waals surface area (Å²) in [5.74, 6) is 0. The molecule has 1 aromatic heterocycles. The van der Waals surface area contributed by atoms with Crippen LogP contribution in [0.4, 0.5) is 5.69 Å². The highest BCUT2D eigenvalue weighted by molar-refractivity contribution is 5.98. The Balaban J connectivity index is 1.62. The molecular formula is C29H24N4. The third-order valence-corrected chi connectivity index (χ3v) is 6.05. The molecule has 5 aromatic rings. The van der Waals surface area contributed by atoms with Gasteiger partial charge in [0.2, 0.25) is 0 Å². The number of benzene rings is 4. The van der Waals surface area contributed by atoms with E-state index in [1.807, 2.05) is 54.5 Å². The van der Waals surface area contributed by atoms with E-state index in [4.69, 9.17) is 0 Å². The van der Waals surface area contributed by atoms with Gasteiger partial charge in [0, 0.05) is 31.0 Å². The SMILES string of the molecule is Cn1cncc1CN(Cc1ccccc1)c1ccc(C#N)c(-c2cccc3ccccc23)c1. The van der Waals surface area contributed by atoms with Crippen molar-refractivity contribution in [3.05, 3.63) is 120 Å². The molecule has 160 valence electrons. The van der Waals surface area contributed by atoms with Gasteiger partial charge in [-0.25, -0.2) is 4.98 Å². The number of anilines is 1. The Bertz CT molecular complexity index is 1440. The molecular weight excluding hydrogens is 404 g/mol. The van der Waals surface area contributed by atoms with Crippen LogP contribution in [0.5, 0.6) is 0 Å². The molecule has 0 atom stereocenters. The quantitative estimate of drug-likeness (QED) is 0.318. The van der Waals surface area contributed by atoms with Crippen molar-refractivity contribution in [3.8, 4) is 17.2 Å². The average Bonchev–Trinajstić information content (AvgIpc) is 3.27. The average molecular weight is 429 g/mol. The summed E-state index contributed by atoms with van der Waals surface area (Å²) in [6.07, 6.45) is 3.74. The van der Waals surface area contributed by atoms with Crippen molar-refractivity contribution in [2.24, 2.45) is 7.05 Å². The molecule has 0 saturated heterocycles. The molecule has 0 unspecified atom stereocenters. The van der Waals surface area contributed by atoms with Gasteiger partial charge < -0.3 is 9.47 Å². The van der Waals surface area contributed by atoms with Crippen LogP contribution >= 0.6 is 0 Å². The zero-order valence-corrected chi connectivity index (χ0v) is 18.5. The first-order valence-electron chi connectivity index (χ1n) is 11.0. The molecule has 4 nitrogen and oxygen atoms in total. The first-order chi connectivity index (χ1) is 16.2. The summed E-state index contributed by atoms with van der Waals surface area (Å²) < 4.78 is 2.05. The first kappa shape index (κ1) is 20.5. The lowest BCUT2D eigenvalue weighted by atomic mass is 9.94. The number of hydrogen-bond donors (Lipinski definition) is 0. The molecule has 0 spiro atoms. The minimum absolute atomic E-state index is 0.676. The van der Waals surface area contributed by atoms with Gasteiger partial charge >= 0.3 is 0 Å². The molecule has 1 heterocycles. The number of rotatable bonds is 6. The summed E-state index contributed by atoms with van der Waals surface area (Å²) in [7, 11) is 2.02. The van der Waals surface area contributed by atoms with Crippen LogP contribution in [0.3, 0.4) is 0 Å². The van der Waals surface area contributed by atoms with E-state index in [0.29, 0.717) is 12.1 Å². The Morgan fingerprint density at radius 2 is 1.64 bits per heavy atom. The third kappa shape index (κ3) is 4.22. The Labute approximate surface area is 194 Å². The summed E-state index contributed by atoms with van der Waals surface area (Å²) in [5.41, 5.74) is 6.14. The van der Waals surface area contributed by atoms with Gasteiger partial charge in [0.1, 0.15) is 0 Å². The van der Waals surface area contributed by atoms with Gasteiger partial charge in [0.25, 0.3) is 0 Å². The van der Waals surface area contributed by atoms with Crippen molar-refractivity contribution >= 4 is 16.5 Å². The highest BCUT2D eigenvalue weighted by Crippen LogP contribution is 2.34. The van der Waals surface area contributed by atoms with Crippen LogP contribution in [0.2, 0.25) is 0 Å².